The predicted molar refractivity (Wildman–Crippen MR) is 63.5 cm³/mol. The Kier molecular flexibility index (Phi) is 4.25. The topological polar surface area (TPSA) is 49.8 Å². The second kappa shape index (κ2) is 5.91. The molecule has 0 amide bonds. The largest absolute Gasteiger partial charge is 0.366 e. The van der Waals surface area contributed by atoms with Crippen molar-refractivity contribution in [3.63, 3.8) is 0 Å². The van der Waals surface area contributed by atoms with Crippen molar-refractivity contribution in [3.05, 3.63) is 35.9 Å². The Labute approximate surface area is 101 Å². The van der Waals surface area contributed by atoms with Crippen molar-refractivity contribution in [2.75, 3.05) is 19.7 Å². The van der Waals surface area contributed by atoms with E-state index in [9.17, 15) is 9.90 Å². The fourth-order valence-electron chi connectivity index (χ4n) is 2.05. The van der Waals surface area contributed by atoms with Crippen LogP contribution in [0, 0.1) is 0 Å². The number of aliphatic hydroxyl groups excluding tert-OH is 1. The summed E-state index contributed by atoms with van der Waals surface area (Å²) in [5.74, 6) is 0. The van der Waals surface area contributed by atoms with E-state index in [0.29, 0.717) is 13.2 Å². The first-order chi connectivity index (χ1) is 8.31. The van der Waals surface area contributed by atoms with Crippen LogP contribution < -0.4 is 0 Å². The van der Waals surface area contributed by atoms with Crippen LogP contribution >= 0.6 is 0 Å². The maximum absolute atomic E-state index is 10.9. The van der Waals surface area contributed by atoms with Gasteiger partial charge in [-0.05, 0) is 12.0 Å². The molecule has 1 heterocycles. The molecule has 2 atom stereocenters. The molecule has 0 aliphatic carbocycles. The Bertz CT molecular complexity index is 355. The highest BCUT2D eigenvalue weighted by molar-refractivity contribution is 5.58. The Hall–Kier alpha value is -1.23. The molecule has 2 unspecified atom stereocenters. The molecule has 1 aromatic rings. The Morgan fingerprint density at radius 3 is 2.88 bits per heavy atom. The van der Waals surface area contributed by atoms with Crippen molar-refractivity contribution in [1.29, 1.82) is 0 Å². The number of carbonyl (C=O) groups excluding carboxylic acids is 1. The summed E-state index contributed by atoms with van der Waals surface area (Å²) in [5, 5.41) is 9.54. The third-order valence-electron chi connectivity index (χ3n) is 3.05. The fourth-order valence-corrected chi connectivity index (χ4v) is 2.05. The van der Waals surface area contributed by atoms with E-state index in [1.54, 1.807) is 0 Å². The lowest BCUT2D eigenvalue weighted by atomic mass is 10.1. The Morgan fingerprint density at radius 2 is 2.18 bits per heavy atom. The molecular weight excluding hydrogens is 218 g/mol. The molecule has 1 fully saturated rings. The van der Waals surface area contributed by atoms with E-state index in [-0.39, 0.29) is 0 Å². The molecule has 1 N–H and O–H groups in total. The third kappa shape index (κ3) is 3.12. The van der Waals surface area contributed by atoms with Crippen LogP contribution in [0.5, 0.6) is 0 Å². The first-order valence-corrected chi connectivity index (χ1v) is 5.84. The van der Waals surface area contributed by atoms with E-state index in [1.807, 2.05) is 23.1 Å². The van der Waals surface area contributed by atoms with Gasteiger partial charge in [0.25, 0.3) is 0 Å². The molecule has 4 nitrogen and oxygen atoms in total. The van der Waals surface area contributed by atoms with Gasteiger partial charge in [-0.1, -0.05) is 30.3 Å². The molecule has 0 aromatic heterocycles. The standard InChI is InChI=1S/C13H17NO3/c15-10-12-13(16)17-9-8-14(12)7-6-11-4-2-1-3-5-11/h1-5,10,12-13,16H,6-9H2. The minimum absolute atomic E-state index is 0.473. The van der Waals surface area contributed by atoms with Gasteiger partial charge < -0.3 is 14.6 Å². The van der Waals surface area contributed by atoms with Crippen molar-refractivity contribution in [1.82, 2.24) is 4.90 Å². The highest BCUT2D eigenvalue weighted by Gasteiger charge is 2.29. The SMILES string of the molecule is O=CC1C(O)OCCN1CCc1ccccc1. The second-order valence-electron chi connectivity index (χ2n) is 4.16. The molecule has 0 saturated carbocycles. The molecule has 1 aliphatic rings. The molecule has 17 heavy (non-hydrogen) atoms. The lowest BCUT2D eigenvalue weighted by Crippen LogP contribution is -2.52. The Morgan fingerprint density at radius 1 is 1.41 bits per heavy atom. The maximum atomic E-state index is 10.9. The predicted octanol–water partition coefficient (Wildman–Crippen LogP) is 0.447. The molecule has 1 aromatic carbocycles. The summed E-state index contributed by atoms with van der Waals surface area (Å²) in [7, 11) is 0. The van der Waals surface area contributed by atoms with Crippen LogP contribution in [-0.2, 0) is 16.0 Å². The van der Waals surface area contributed by atoms with Crippen molar-refractivity contribution >= 4 is 6.29 Å². The number of rotatable bonds is 4. The lowest BCUT2D eigenvalue weighted by Gasteiger charge is -2.35. The first kappa shape index (κ1) is 12.2. The molecule has 92 valence electrons. The number of carbonyl (C=O) groups is 1. The number of aldehydes is 1. The van der Waals surface area contributed by atoms with E-state index in [1.165, 1.54) is 5.56 Å². The van der Waals surface area contributed by atoms with Gasteiger partial charge in [0.1, 0.15) is 12.3 Å². The first-order valence-electron chi connectivity index (χ1n) is 5.84. The van der Waals surface area contributed by atoms with Gasteiger partial charge in [0.15, 0.2) is 6.29 Å². The maximum Gasteiger partial charge on any atom is 0.177 e. The number of benzene rings is 1. The summed E-state index contributed by atoms with van der Waals surface area (Å²) < 4.78 is 5.05. The van der Waals surface area contributed by atoms with Gasteiger partial charge in [-0.25, -0.2) is 0 Å². The smallest absolute Gasteiger partial charge is 0.177 e. The van der Waals surface area contributed by atoms with Crippen molar-refractivity contribution in [2.24, 2.45) is 0 Å². The van der Waals surface area contributed by atoms with Gasteiger partial charge in [0.05, 0.1) is 6.61 Å². The quantitative estimate of drug-likeness (QED) is 0.770. The second-order valence-corrected chi connectivity index (χ2v) is 4.16. The number of hydrogen-bond acceptors (Lipinski definition) is 4. The minimum atomic E-state index is -0.989. The van der Waals surface area contributed by atoms with Crippen LogP contribution in [0.15, 0.2) is 30.3 Å². The zero-order chi connectivity index (χ0) is 12.1. The Balaban J connectivity index is 1.91. The van der Waals surface area contributed by atoms with Gasteiger partial charge in [-0.3, -0.25) is 4.90 Å². The third-order valence-corrected chi connectivity index (χ3v) is 3.05. The minimum Gasteiger partial charge on any atom is -0.366 e. The lowest BCUT2D eigenvalue weighted by molar-refractivity contribution is -0.178. The molecule has 0 bridgehead atoms. The molecule has 4 heteroatoms. The van der Waals surface area contributed by atoms with Crippen LogP contribution in [0.1, 0.15) is 5.56 Å². The van der Waals surface area contributed by atoms with Crippen LogP contribution in [-0.4, -0.2) is 48.3 Å². The number of ether oxygens (including phenoxy) is 1. The monoisotopic (exact) mass is 235 g/mol. The highest BCUT2D eigenvalue weighted by Crippen LogP contribution is 2.11. The summed E-state index contributed by atoms with van der Waals surface area (Å²) in [6.07, 6.45) is 0.643. The number of aliphatic hydroxyl groups is 1. The van der Waals surface area contributed by atoms with Gasteiger partial charge in [-0.15, -0.1) is 0 Å². The van der Waals surface area contributed by atoms with Crippen LogP contribution in [0.4, 0.5) is 0 Å². The van der Waals surface area contributed by atoms with Gasteiger partial charge in [-0.2, -0.15) is 0 Å². The normalized spacial score (nSPS) is 25.7. The zero-order valence-electron chi connectivity index (χ0n) is 9.66. The summed E-state index contributed by atoms with van der Waals surface area (Å²) >= 11 is 0. The summed E-state index contributed by atoms with van der Waals surface area (Å²) in [5.41, 5.74) is 1.23. The average molecular weight is 235 g/mol. The van der Waals surface area contributed by atoms with E-state index in [4.69, 9.17) is 4.74 Å². The van der Waals surface area contributed by atoms with E-state index in [2.05, 4.69) is 12.1 Å². The van der Waals surface area contributed by atoms with Crippen molar-refractivity contribution in [3.8, 4) is 0 Å². The van der Waals surface area contributed by atoms with Crippen LogP contribution in [0.3, 0.4) is 0 Å². The molecule has 0 spiro atoms. The summed E-state index contributed by atoms with van der Waals surface area (Å²) in [6, 6.07) is 9.57. The van der Waals surface area contributed by atoms with Crippen molar-refractivity contribution in [2.45, 2.75) is 18.8 Å². The summed E-state index contributed by atoms with van der Waals surface area (Å²) in [4.78, 5) is 12.9. The summed E-state index contributed by atoms with van der Waals surface area (Å²) in [6.45, 7) is 1.92. The number of hydrogen-bond donors (Lipinski definition) is 1. The molecular formula is C13H17NO3. The average Bonchev–Trinajstić information content (AvgIpc) is 2.37. The zero-order valence-corrected chi connectivity index (χ0v) is 9.66. The van der Waals surface area contributed by atoms with E-state index < -0.39 is 12.3 Å². The number of nitrogens with zero attached hydrogens (tertiary/aromatic N) is 1. The molecule has 0 radical (unpaired) electrons. The van der Waals surface area contributed by atoms with E-state index in [0.717, 1.165) is 19.3 Å². The van der Waals surface area contributed by atoms with E-state index >= 15 is 0 Å². The highest BCUT2D eigenvalue weighted by atomic mass is 16.6. The van der Waals surface area contributed by atoms with Crippen LogP contribution in [0.25, 0.3) is 0 Å². The number of morpholine rings is 1. The van der Waals surface area contributed by atoms with Crippen LogP contribution in [0.2, 0.25) is 0 Å². The van der Waals surface area contributed by atoms with Gasteiger partial charge >= 0.3 is 0 Å². The van der Waals surface area contributed by atoms with Crippen molar-refractivity contribution < 1.29 is 14.6 Å². The molecule has 1 aliphatic heterocycles. The molecule has 1 saturated heterocycles. The molecule has 2 rings (SSSR count). The fraction of sp³-hybridized carbons (Fsp3) is 0.462. The van der Waals surface area contributed by atoms with Gasteiger partial charge in [0, 0.05) is 13.1 Å². The van der Waals surface area contributed by atoms with Gasteiger partial charge in [0.2, 0.25) is 0 Å².